The lowest BCUT2D eigenvalue weighted by Gasteiger charge is -2.08. The van der Waals surface area contributed by atoms with Crippen LogP contribution in [0, 0.1) is 5.41 Å². The highest BCUT2D eigenvalue weighted by atomic mass is 14.4. The highest BCUT2D eigenvalue weighted by Gasteiger charge is 2.05. The van der Waals surface area contributed by atoms with Crippen LogP contribution in [0.1, 0.15) is 36.5 Å². The van der Waals surface area contributed by atoms with Crippen molar-refractivity contribution in [2.24, 2.45) is 0 Å². The van der Waals surface area contributed by atoms with Gasteiger partial charge in [0.05, 0.1) is 5.71 Å². The van der Waals surface area contributed by atoms with Crippen molar-refractivity contribution in [3.05, 3.63) is 71.3 Å². The number of hydrogen-bond donors (Lipinski definition) is 1. The standard InChI is InChI=1S/C16H17N/c1-12(2)13-8-10-15(11-9-13)16(17)14-6-4-3-5-7-14/h3-12,17H,1-2H3. The summed E-state index contributed by atoms with van der Waals surface area (Å²) in [7, 11) is 0. The summed E-state index contributed by atoms with van der Waals surface area (Å²) in [6.07, 6.45) is 0. The first-order chi connectivity index (χ1) is 8.18. The molecule has 0 aliphatic carbocycles. The van der Waals surface area contributed by atoms with E-state index in [2.05, 4.69) is 26.0 Å². The van der Waals surface area contributed by atoms with Gasteiger partial charge in [-0.25, -0.2) is 0 Å². The molecule has 1 N–H and O–H groups in total. The Bertz CT molecular complexity index is 495. The van der Waals surface area contributed by atoms with Crippen molar-refractivity contribution in [2.45, 2.75) is 19.8 Å². The van der Waals surface area contributed by atoms with Crippen LogP contribution < -0.4 is 0 Å². The molecule has 0 saturated heterocycles. The van der Waals surface area contributed by atoms with E-state index in [0.717, 1.165) is 11.1 Å². The highest BCUT2D eigenvalue weighted by Crippen LogP contribution is 2.16. The summed E-state index contributed by atoms with van der Waals surface area (Å²) >= 11 is 0. The molecule has 86 valence electrons. The zero-order chi connectivity index (χ0) is 12.3. The first-order valence-corrected chi connectivity index (χ1v) is 5.93. The second-order valence-corrected chi connectivity index (χ2v) is 4.52. The molecule has 0 aromatic heterocycles. The Balaban J connectivity index is 2.27. The second kappa shape index (κ2) is 4.96. The van der Waals surface area contributed by atoms with Crippen molar-refractivity contribution < 1.29 is 0 Å². The van der Waals surface area contributed by atoms with E-state index in [1.54, 1.807) is 0 Å². The van der Waals surface area contributed by atoms with Gasteiger partial charge in [-0.15, -0.1) is 0 Å². The Kier molecular flexibility index (Phi) is 3.38. The van der Waals surface area contributed by atoms with Crippen molar-refractivity contribution in [1.82, 2.24) is 0 Å². The molecule has 0 amide bonds. The van der Waals surface area contributed by atoms with E-state index in [1.165, 1.54) is 5.56 Å². The Morgan fingerprint density at radius 1 is 0.824 bits per heavy atom. The van der Waals surface area contributed by atoms with Crippen LogP contribution >= 0.6 is 0 Å². The number of hydrogen-bond acceptors (Lipinski definition) is 1. The van der Waals surface area contributed by atoms with Crippen molar-refractivity contribution >= 4 is 5.71 Å². The van der Waals surface area contributed by atoms with Gasteiger partial charge >= 0.3 is 0 Å². The summed E-state index contributed by atoms with van der Waals surface area (Å²) < 4.78 is 0. The van der Waals surface area contributed by atoms with Gasteiger partial charge in [0.25, 0.3) is 0 Å². The maximum atomic E-state index is 8.15. The quantitative estimate of drug-likeness (QED) is 0.753. The normalized spacial score (nSPS) is 10.5. The predicted octanol–water partition coefficient (Wildman–Crippen LogP) is 4.23. The van der Waals surface area contributed by atoms with Gasteiger partial charge in [0.2, 0.25) is 0 Å². The zero-order valence-electron chi connectivity index (χ0n) is 10.3. The van der Waals surface area contributed by atoms with Crippen LogP contribution in [0.3, 0.4) is 0 Å². The lowest BCUT2D eigenvalue weighted by molar-refractivity contribution is 0.866. The largest absolute Gasteiger partial charge is 0.300 e. The molecule has 2 aromatic rings. The van der Waals surface area contributed by atoms with Crippen molar-refractivity contribution in [1.29, 1.82) is 5.41 Å². The van der Waals surface area contributed by atoms with Crippen molar-refractivity contribution in [3.63, 3.8) is 0 Å². The molecule has 0 bridgehead atoms. The predicted molar refractivity (Wildman–Crippen MR) is 72.9 cm³/mol. The third kappa shape index (κ3) is 2.62. The van der Waals surface area contributed by atoms with Gasteiger partial charge in [-0.3, -0.25) is 5.41 Å². The molecule has 2 rings (SSSR count). The summed E-state index contributed by atoms with van der Waals surface area (Å²) in [4.78, 5) is 0. The van der Waals surface area contributed by atoms with E-state index in [-0.39, 0.29) is 0 Å². The van der Waals surface area contributed by atoms with Gasteiger partial charge in [0.1, 0.15) is 0 Å². The average molecular weight is 223 g/mol. The lowest BCUT2D eigenvalue weighted by Crippen LogP contribution is -2.01. The van der Waals surface area contributed by atoms with Crippen molar-refractivity contribution in [2.75, 3.05) is 0 Å². The molecule has 0 aliphatic rings. The van der Waals surface area contributed by atoms with Crippen LogP contribution in [0.2, 0.25) is 0 Å². The molecule has 0 atom stereocenters. The molecule has 0 radical (unpaired) electrons. The Morgan fingerprint density at radius 3 is 1.88 bits per heavy atom. The molecule has 1 heteroatoms. The molecular formula is C16H17N. The molecular weight excluding hydrogens is 206 g/mol. The smallest absolute Gasteiger partial charge is 0.0684 e. The minimum absolute atomic E-state index is 0.537. The van der Waals surface area contributed by atoms with Crippen LogP contribution in [0.4, 0.5) is 0 Å². The number of rotatable bonds is 3. The number of benzene rings is 2. The maximum absolute atomic E-state index is 8.15. The third-order valence-electron chi connectivity index (χ3n) is 2.93. The van der Waals surface area contributed by atoms with Gasteiger partial charge in [-0.05, 0) is 17.0 Å². The molecule has 0 saturated carbocycles. The highest BCUT2D eigenvalue weighted by molar-refractivity contribution is 6.10. The van der Waals surface area contributed by atoms with Crippen LogP contribution in [0.5, 0.6) is 0 Å². The fourth-order valence-electron chi connectivity index (χ4n) is 1.81. The molecule has 0 heterocycles. The molecule has 0 aliphatic heterocycles. The van der Waals surface area contributed by atoms with Crippen LogP contribution in [0.25, 0.3) is 0 Å². The molecule has 0 spiro atoms. The zero-order valence-corrected chi connectivity index (χ0v) is 10.3. The van der Waals surface area contributed by atoms with E-state index >= 15 is 0 Å². The Morgan fingerprint density at radius 2 is 1.35 bits per heavy atom. The summed E-state index contributed by atoms with van der Waals surface area (Å²) in [5.41, 5.74) is 3.83. The average Bonchev–Trinajstić information content (AvgIpc) is 2.39. The fourth-order valence-corrected chi connectivity index (χ4v) is 1.81. The number of nitrogens with one attached hydrogen (secondary N) is 1. The van der Waals surface area contributed by atoms with E-state index < -0.39 is 0 Å². The van der Waals surface area contributed by atoms with Gasteiger partial charge in [-0.2, -0.15) is 0 Å². The van der Waals surface area contributed by atoms with E-state index in [0.29, 0.717) is 11.6 Å². The molecule has 2 aromatic carbocycles. The maximum Gasteiger partial charge on any atom is 0.0684 e. The molecule has 17 heavy (non-hydrogen) atoms. The van der Waals surface area contributed by atoms with Gasteiger partial charge in [0.15, 0.2) is 0 Å². The van der Waals surface area contributed by atoms with Crippen LogP contribution in [-0.2, 0) is 0 Å². The summed E-state index contributed by atoms with van der Waals surface area (Å²) in [5.74, 6) is 0.537. The topological polar surface area (TPSA) is 23.9 Å². The minimum atomic E-state index is 0.537. The third-order valence-corrected chi connectivity index (χ3v) is 2.93. The fraction of sp³-hybridized carbons (Fsp3) is 0.188. The molecule has 0 fully saturated rings. The monoisotopic (exact) mass is 223 g/mol. The van der Waals surface area contributed by atoms with E-state index in [9.17, 15) is 0 Å². The van der Waals surface area contributed by atoms with Gasteiger partial charge in [-0.1, -0.05) is 68.4 Å². The van der Waals surface area contributed by atoms with Gasteiger partial charge < -0.3 is 0 Å². The Labute approximate surface area is 103 Å². The Hall–Kier alpha value is -1.89. The molecule has 1 nitrogen and oxygen atoms in total. The van der Waals surface area contributed by atoms with Gasteiger partial charge in [0, 0.05) is 5.56 Å². The summed E-state index contributed by atoms with van der Waals surface area (Å²) in [6, 6.07) is 18.1. The SMILES string of the molecule is CC(C)c1ccc(C(=N)c2ccccc2)cc1. The lowest BCUT2D eigenvalue weighted by atomic mass is 9.98. The van der Waals surface area contributed by atoms with Crippen LogP contribution in [-0.4, -0.2) is 5.71 Å². The first-order valence-electron chi connectivity index (χ1n) is 5.93. The first kappa shape index (κ1) is 11.6. The minimum Gasteiger partial charge on any atom is -0.300 e. The van der Waals surface area contributed by atoms with E-state index in [4.69, 9.17) is 5.41 Å². The summed E-state index contributed by atoms with van der Waals surface area (Å²) in [5, 5.41) is 8.15. The van der Waals surface area contributed by atoms with Crippen molar-refractivity contribution in [3.8, 4) is 0 Å². The van der Waals surface area contributed by atoms with E-state index in [1.807, 2.05) is 42.5 Å². The summed E-state index contributed by atoms with van der Waals surface area (Å²) in [6.45, 7) is 4.36. The molecule has 0 unspecified atom stereocenters. The van der Waals surface area contributed by atoms with Crippen LogP contribution in [0.15, 0.2) is 54.6 Å². The second-order valence-electron chi connectivity index (χ2n) is 4.52.